The van der Waals surface area contributed by atoms with Crippen molar-refractivity contribution in [3.05, 3.63) is 71.8 Å². The summed E-state index contributed by atoms with van der Waals surface area (Å²) in [6.45, 7) is 2.52. The number of hydrogen-bond acceptors (Lipinski definition) is 2. The average molecular weight is 365 g/mol. The van der Waals surface area contributed by atoms with Crippen LogP contribution in [0, 0.1) is 0 Å². The molecule has 2 rings (SSSR count). The summed E-state index contributed by atoms with van der Waals surface area (Å²) >= 11 is 6.33. The number of rotatable bonds is 5. The molecular weight excluding hydrogens is 343 g/mol. The Morgan fingerprint density at radius 3 is 2.04 bits per heavy atom. The lowest BCUT2D eigenvalue weighted by molar-refractivity contribution is 0.0976. The molecule has 0 bridgehead atoms. The maximum absolute atomic E-state index is 13.1. The fraction of sp³-hybridized carbons (Fsp3) is 0.278. The second-order valence-corrected chi connectivity index (χ2v) is 9.61. The molecule has 0 saturated heterocycles. The van der Waals surface area contributed by atoms with Gasteiger partial charge in [-0.05, 0) is 49.7 Å². The molecule has 0 spiro atoms. The van der Waals surface area contributed by atoms with Crippen LogP contribution in [-0.4, -0.2) is 16.1 Å². The molecule has 24 heavy (non-hydrogen) atoms. The van der Waals surface area contributed by atoms with Crippen LogP contribution in [0.1, 0.15) is 36.7 Å². The molecule has 128 valence electrons. The number of benzene rings is 2. The first-order chi connectivity index (χ1) is 11.2. The Morgan fingerprint density at radius 2 is 1.54 bits per heavy atom. The third-order valence-corrected chi connectivity index (χ3v) is 6.18. The van der Waals surface area contributed by atoms with Crippen molar-refractivity contribution in [1.82, 2.24) is 9.76 Å². The quantitative estimate of drug-likeness (QED) is 0.754. The van der Waals surface area contributed by atoms with Crippen molar-refractivity contribution in [3.63, 3.8) is 0 Å². The average Bonchev–Trinajstić information content (AvgIpc) is 2.53. The molecular formula is C18H22ClN2O2P. The van der Waals surface area contributed by atoms with E-state index in [4.69, 9.17) is 11.2 Å². The summed E-state index contributed by atoms with van der Waals surface area (Å²) in [7, 11) is 0. The van der Waals surface area contributed by atoms with Gasteiger partial charge in [-0.25, -0.2) is 4.67 Å². The van der Waals surface area contributed by atoms with E-state index in [0.29, 0.717) is 12.1 Å². The van der Waals surface area contributed by atoms with Gasteiger partial charge in [0.25, 0.3) is 5.91 Å². The Bertz CT molecular complexity index is 730. The zero-order valence-corrected chi connectivity index (χ0v) is 15.7. The fourth-order valence-electron chi connectivity index (χ4n) is 2.31. The van der Waals surface area contributed by atoms with E-state index in [9.17, 15) is 9.36 Å². The molecule has 1 N–H and O–H groups in total. The van der Waals surface area contributed by atoms with Crippen molar-refractivity contribution in [2.75, 3.05) is 0 Å². The van der Waals surface area contributed by atoms with E-state index in [1.165, 1.54) is 0 Å². The largest absolute Gasteiger partial charge is 0.329 e. The molecule has 6 heteroatoms. The number of hydrogen-bond donors (Lipinski definition) is 1. The van der Waals surface area contributed by atoms with Gasteiger partial charge in [-0.3, -0.25) is 14.4 Å². The van der Waals surface area contributed by atoms with Gasteiger partial charge in [0.15, 0.2) is 0 Å². The number of carbonyl (C=O) groups is 1. The summed E-state index contributed by atoms with van der Waals surface area (Å²) in [6.07, 6.45) is 0. The van der Waals surface area contributed by atoms with Crippen molar-refractivity contribution in [2.24, 2.45) is 0 Å². The fourth-order valence-corrected chi connectivity index (χ4v) is 5.00. The molecule has 0 aromatic heterocycles. The van der Waals surface area contributed by atoms with Gasteiger partial charge in [0.2, 0.25) is 0 Å². The van der Waals surface area contributed by atoms with E-state index in [-0.39, 0.29) is 0 Å². The highest BCUT2D eigenvalue weighted by Crippen LogP contribution is 2.55. The Hall–Kier alpha value is -1.61. The van der Waals surface area contributed by atoms with E-state index < -0.39 is 18.2 Å². The van der Waals surface area contributed by atoms with Crippen LogP contribution < -0.4 is 5.09 Å². The lowest BCUT2D eigenvalue weighted by Crippen LogP contribution is -2.41. The molecule has 2 aromatic carbocycles. The minimum Gasteiger partial charge on any atom is -0.279 e. The zero-order valence-electron chi connectivity index (χ0n) is 14.1. The van der Waals surface area contributed by atoms with Crippen LogP contribution in [0.5, 0.6) is 0 Å². The number of amides is 1. The van der Waals surface area contributed by atoms with Gasteiger partial charge in [0, 0.05) is 17.6 Å². The van der Waals surface area contributed by atoms with E-state index in [1.54, 1.807) is 28.9 Å². The monoisotopic (exact) mass is 364 g/mol. The molecule has 4 nitrogen and oxygen atoms in total. The van der Waals surface area contributed by atoms with Crippen molar-refractivity contribution in [3.8, 4) is 0 Å². The Balaban J connectivity index is 2.24. The van der Waals surface area contributed by atoms with Crippen LogP contribution in [0.15, 0.2) is 60.7 Å². The van der Waals surface area contributed by atoms with Gasteiger partial charge >= 0.3 is 6.80 Å². The van der Waals surface area contributed by atoms with Gasteiger partial charge in [-0.15, -0.1) is 0 Å². The topological polar surface area (TPSA) is 49.4 Å². The van der Waals surface area contributed by atoms with Crippen LogP contribution in [0.25, 0.3) is 0 Å². The van der Waals surface area contributed by atoms with E-state index in [2.05, 4.69) is 5.09 Å². The number of carbonyl (C=O) groups excluding carboxylic acids is 1. The minimum atomic E-state index is -3.61. The molecule has 0 aliphatic heterocycles. The van der Waals surface area contributed by atoms with Crippen molar-refractivity contribution in [2.45, 2.75) is 32.9 Å². The van der Waals surface area contributed by atoms with Crippen LogP contribution in [0.4, 0.5) is 0 Å². The number of halogens is 1. The van der Waals surface area contributed by atoms with E-state index in [0.717, 1.165) is 5.56 Å². The third kappa shape index (κ3) is 4.94. The first-order valence-electron chi connectivity index (χ1n) is 7.69. The maximum Gasteiger partial charge on any atom is 0.329 e. The Kier molecular flexibility index (Phi) is 5.87. The summed E-state index contributed by atoms with van der Waals surface area (Å²) in [6, 6.07) is 18.3. The number of nitrogens with zero attached hydrogens (tertiary/aromatic N) is 1. The second kappa shape index (κ2) is 7.52. The minimum absolute atomic E-state index is 0.375. The highest BCUT2D eigenvalue weighted by atomic mass is 35.7. The van der Waals surface area contributed by atoms with Crippen molar-refractivity contribution >= 4 is 23.9 Å². The van der Waals surface area contributed by atoms with Crippen molar-refractivity contribution in [1.29, 1.82) is 0 Å². The first-order valence-corrected chi connectivity index (χ1v) is 10.3. The van der Waals surface area contributed by atoms with Gasteiger partial charge < -0.3 is 0 Å². The molecule has 0 heterocycles. The van der Waals surface area contributed by atoms with Crippen LogP contribution in [0.2, 0.25) is 0 Å². The molecule has 0 aliphatic carbocycles. The van der Waals surface area contributed by atoms with Gasteiger partial charge in [-0.2, -0.15) is 0 Å². The van der Waals surface area contributed by atoms with Crippen LogP contribution >= 0.6 is 18.0 Å². The summed E-state index contributed by atoms with van der Waals surface area (Å²) in [4.78, 5) is 12.3. The summed E-state index contributed by atoms with van der Waals surface area (Å²) in [5.74, 6) is -0.448. The Morgan fingerprint density at radius 1 is 1.04 bits per heavy atom. The lowest BCUT2D eigenvalue weighted by Gasteiger charge is -2.38. The highest BCUT2D eigenvalue weighted by molar-refractivity contribution is 7.86. The molecule has 1 atom stereocenters. The molecule has 0 radical (unpaired) electrons. The summed E-state index contributed by atoms with van der Waals surface area (Å²) < 4.78 is 14.7. The van der Waals surface area contributed by atoms with E-state index in [1.807, 2.05) is 57.2 Å². The zero-order chi connectivity index (χ0) is 17.8. The Labute approximate surface area is 148 Å². The van der Waals surface area contributed by atoms with Gasteiger partial charge in [0.1, 0.15) is 0 Å². The molecule has 0 aliphatic rings. The predicted molar refractivity (Wildman–Crippen MR) is 99.1 cm³/mol. The van der Waals surface area contributed by atoms with Crippen LogP contribution in [0.3, 0.4) is 0 Å². The predicted octanol–water partition coefficient (Wildman–Crippen LogP) is 5.06. The smallest absolute Gasteiger partial charge is 0.279 e. The molecule has 2 aromatic rings. The summed E-state index contributed by atoms with van der Waals surface area (Å²) in [5, 5.41) is 2.51. The number of nitrogens with one attached hydrogen (secondary N) is 1. The third-order valence-electron chi connectivity index (χ3n) is 3.54. The van der Waals surface area contributed by atoms with Crippen molar-refractivity contribution < 1.29 is 9.36 Å². The molecule has 0 fully saturated rings. The SMILES string of the molecule is CC(C)(C)N(Cc1ccccc1)P(=O)(Cl)NC(=O)c1ccccc1. The molecule has 1 unspecified atom stereocenters. The molecule has 0 saturated carbocycles. The highest BCUT2D eigenvalue weighted by Gasteiger charge is 2.38. The van der Waals surface area contributed by atoms with Crippen LogP contribution in [-0.2, 0) is 11.1 Å². The van der Waals surface area contributed by atoms with Gasteiger partial charge in [-0.1, -0.05) is 48.5 Å². The van der Waals surface area contributed by atoms with E-state index >= 15 is 0 Å². The lowest BCUT2D eigenvalue weighted by atomic mass is 10.1. The first kappa shape index (κ1) is 18.7. The maximum atomic E-state index is 13.1. The second-order valence-electron chi connectivity index (χ2n) is 6.52. The summed E-state index contributed by atoms with van der Waals surface area (Å²) in [5.41, 5.74) is 0.908. The normalized spacial score (nSPS) is 14.2. The molecule has 1 amide bonds. The standard InChI is InChI=1S/C18H22ClN2O2P/c1-18(2,3)21(14-15-10-6-4-7-11-15)24(19,23)20-17(22)16-12-8-5-9-13-16/h4-13H,14H2,1-3H3,(H,20,22,23). The van der Waals surface area contributed by atoms with Gasteiger partial charge in [0.05, 0.1) is 0 Å².